The predicted molar refractivity (Wildman–Crippen MR) is 65.7 cm³/mol. The molecule has 0 aromatic heterocycles. The molecule has 0 saturated carbocycles. The van der Waals surface area contributed by atoms with Gasteiger partial charge in [-0.15, -0.1) is 0 Å². The van der Waals surface area contributed by atoms with Gasteiger partial charge in [-0.3, -0.25) is 0 Å². The summed E-state index contributed by atoms with van der Waals surface area (Å²) in [4.78, 5) is 0. The topological polar surface area (TPSA) is 114 Å². The van der Waals surface area contributed by atoms with Crippen LogP contribution in [0, 0.1) is 0 Å². The van der Waals surface area contributed by atoms with Gasteiger partial charge in [0.25, 0.3) is 6.25 Å². The van der Waals surface area contributed by atoms with Gasteiger partial charge < -0.3 is 9.11 Å². The summed E-state index contributed by atoms with van der Waals surface area (Å²) in [6.07, 6.45) is 0. The van der Waals surface area contributed by atoms with E-state index in [0.29, 0.717) is 0 Å². The fourth-order valence-electron chi connectivity index (χ4n) is 0. The molecule has 0 atom stereocenters. The minimum Gasteiger partial charge on any atom is -0.745 e. The molecule has 0 rings (SSSR count). The SMILES string of the molecule is O=S(=O)([O-])C(Cl)(Cl)Cl.O=S(=O)([O-])C(Cl)(Cl)Cl.[Mg+2]. The second-order valence-corrected chi connectivity index (χ2v) is 10.7. The zero-order valence-corrected chi connectivity index (χ0v) is 14.8. The van der Waals surface area contributed by atoms with Crippen molar-refractivity contribution < 1.29 is 25.9 Å². The van der Waals surface area contributed by atoms with E-state index in [-0.39, 0.29) is 23.1 Å². The van der Waals surface area contributed by atoms with E-state index in [0.717, 1.165) is 0 Å². The van der Waals surface area contributed by atoms with Gasteiger partial charge in [0.15, 0.2) is 0 Å². The Labute approximate surface area is 143 Å². The molecule has 0 heterocycles. The molecule has 0 unspecified atom stereocenters. The second kappa shape index (κ2) is 7.94. The van der Waals surface area contributed by atoms with Crippen LogP contribution in [-0.2, 0) is 20.2 Å². The quantitative estimate of drug-likeness (QED) is 0.331. The van der Waals surface area contributed by atoms with Crippen molar-refractivity contribution in [2.45, 2.75) is 6.25 Å². The molecule has 15 heteroatoms. The number of halogens is 6. The van der Waals surface area contributed by atoms with Gasteiger partial charge in [0.05, 0.1) is 0 Å². The molecule has 0 spiro atoms. The minimum absolute atomic E-state index is 0. The van der Waals surface area contributed by atoms with Crippen molar-refractivity contribution in [1.29, 1.82) is 0 Å². The molecule has 0 radical (unpaired) electrons. The summed E-state index contributed by atoms with van der Waals surface area (Å²) >= 11 is 27.8. The van der Waals surface area contributed by atoms with Crippen LogP contribution in [-0.4, -0.2) is 55.2 Å². The Kier molecular flexibility index (Phi) is 11.4. The van der Waals surface area contributed by atoms with Crippen molar-refractivity contribution in [2.24, 2.45) is 0 Å². The van der Waals surface area contributed by atoms with Crippen molar-refractivity contribution >= 4 is 113 Å². The van der Waals surface area contributed by atoms with Crippen LogP contribution in [0.25, 0.3) is 0 Å². The van der Waals surface area contributed by atoms with Gasteiger partial charge in [0.1, 0.15) is 20.2 Å². The monoisotopic (exact) mass is 418 g/mol. The molecule has 0 amide bonds. The summed E-state index contributed by atoms with van der Waals surface area (Å²) in [6.45, 7) is 0. The maximum absolute atomic E-state index is 9.70. The van der Waals surface area contributed by atoms with E-state index < -0.39 is 26.5 Å². The number of hydrogen-bond acceptors (Lipinski definition) is 6. The van der Waals surface area contributed by atoms with Gasteiger partial charge >= 0.3 is 23.1 Å². The van der Waals surface area contributed by atoms with Crippen LogP contribution in [0.15, 0.2) is 0 Å². The summed E-state index contributed by atoms with van der Waals surface area (Å²) in [5, 5.41) is 0. The Morgan fingerprint density at radius 3 is 0.706 bits per heavy atom. The predicted octanol–water partition coefficient (Wildman–Crippen LogP) is 1.34. The second-order valence-electron chi connectivity index (χ2n) is 1.80. The molecule has 0 aromatic rings. The van der Waals surface area contributed by atoms with Crippen molar-refractivity contribution in [2.75, 3.05) is 0 Å². The summed E-state index contributed by atoms with van der Waals surface area (Å²) in [5.74, 6) is 0. The first-order valence-electron chi connectivity index (χ1n) is 2.54. The summed E-state index contributed by atoms with van der Waals surface area (Å²) in [6, 6.07) is 0. The minimum atomic E-state index is -4.79. The molecule has 0 saturated heterocycles. The van der Waals surface area contributed by atoms with Crippen LogP contribution < -0.4 is 0 Å². The van der Waals surface area contributed by atoms with Crippen molar-refractivity contribution in [1.82, 2.24) is 0 Å². The molecular weight excluding hydrogens is 421 g/mol. The summed E-state index contributed by atoms with van der Waals surface area (Å²) in [7, 11) is -9.59. The van der Waals surface area contributed by atoms with Gasteiger partial charge in [-0.2, -0.15) is 0 Å². The first-order chi connectivity index (χ1) is 6.50. The van der Waals surface area contributed by atoms with E-state index in [4.69, 9.17) is 0 Å². The molecule has 0 bridgehead atoms. The molecule has 17 heavy (non-hydrogen) atoms. The maximum atomic E-state index is 9.70. The van der Waals surface area contributed by atoms with E-state index in [2.05, 4.69) is 69.6 Å². The van der Waals surface area contributed by atoms with E-state index in [1.165, 1.54) is 0 Å². The van der Waals surface area contributed by atoms with Gasteiger partial charge in [-0.05, 0) is 0 Å². The van der Waals surface area contributed by atoms with E-state index in [1.54, 1.807) is 0 Å². The third-order valence-electron chi connectivity index (χ3n) is 0.567. The van der Waals surface area contributed by atoms with Gasteiger partial charge in [0.2, 0.25) is 0 Å². The van der Waals surface area contributed by atoms with Crippen LogP contribution in [0.5, 0.6) is 0 Å². The largest absolute Gasteiger partial charge is 2.00 e. The maximum Gasteiger partial charge on any atom is 2.00 e. The molecular formula is C2Cl6MgO6S2. The third-order valence-corrected chi connectivity index (χ3v) is 5.10. The Hall–Kier alpha value is 2.33. The van der Waals surface area contributed by atoms with E-state index in [9.17, 15) is 25.9 Å². The molecule has 0 aliphatic rings. The fourth-order valence-corrected chi connectivity index (χ4v) is 0. The average molecular weight is 421 g/mol. The van der Waals surface area contributed by atoms with Gasteiger partial charge in [-0.25, -0.2) is 16.8 Å². The molecule has 0 aliphatic heterocycles. The number of rotatable bonds is 0. The summed E-state index contributed by atoms with van der Waals surface area (Å²) < 4.78 is 52.7. The Balaban J connectivity index is -0.000000218. The standard InChI is InChI=1S/2CHCl3O3S.Mg/c2*2-1(3,4)8(5,6)7;/h2*(H,5,6,7);/q;;+2/p-2. The van der Waals surface area contributed by atoms with E-state index >= 15 is 0 Å². The molecule has 100 valence electrons. The normalized spacial score (nSPS) is 13.2. The first kappa shape index (κ1) is 24.4. The van der Waals surface area contributed by atoms with Gasteiger partial charge in [-0.1, -0.05) is 69.6 Å². The van der Waals surface area contributed by atoms with Crippen molar-refractivity contribution in [3.63, 3.8) is 0 Å². The van der Waals surface area contributed by atoms with Crippen LogP contribution in [0.3, 0.4) is 0 Å². The van der Waals surface area contributed by atoms with Crippen LogP contribution in [0.1, 0.15) is 0 Å². The Morgan fingerprint density at radius 2 is 0.706 bits per heavy atom. The zero-order chi connectivity index (χ0) is 14.0. The van der Waals surface area contributed by atoms with Crippen LogP contribution >= 0.6 is 69.6 Å². The summed E-state index contributed by atoms with van der Waals surface area (Å²) in [5.41, 5.74) is 0. The third kappa shape index (κ3) is 11.8. The molecule has 0 aliphatic carbocycles. The van der Waals surface area contributed by atoms with Crippen molar-refractivity contribution in [3.8, 4) is 0 Å². The Bertz CT molecular complexity index is 374. The van der Waals surface area contributed by atoms with Gasteiger partial charge in [0, 0.05) is 0 Å². The molecule has 6 nitrogen and oxygen atoms in total. The zero-order valence-electron chi connectivity index (χ0n) is 7.24. The smallest absolute Gasteiger partial charge is 0.745 e. The van der Waals surface area contributed by atoms with Crippen LogP contribution in [0.4, 0.5) is 0 Å². The first-order valence-corrected chi connectivity index (χ1v) is 7.63. The fraction of sp³-hybridized carbons (Fsp3) is 1.00. The number of alkyl halides is 6. The van der Waals surface area contributed by atoms with Crippen molar-refractivity contribution in [3.05, 3.63) is 0 Å². The van der Waals surface area contributed by atoms with Crippen LogP contribution in [0.2, 0.25) is 0 Å². The van der Waals surface area contributed by atoms with E-state index in [1.807, 2.05) is 0 Å². The molecule has 0 aromatic carbocycles. The number of hydrogen-bond donors (Lipinski definition) is 0. The average Bonchev–Trinajstić information content (AvgIpc) is 1.77. The molecule has 0 N–H and O–H groups in total. The molecule has 0 fully saturated rings. The Morgan fingerprint density at radius 1 is 0.647 bits per heavy atom.